The number of likely N-dealkylation sites (tertiary alicyclic amines) is 2. The van der Waals surface area contributed by atoms with E-state index in [2.05, 4.69) is 87.3 Å². The lowest BCUT2D eigenvalue weighted by atomic mass is 9.81. The molecule has 3 aromatic carbocycles. The first kappa shape index (κ1) is 49.9. The summed E-state index contributed by atoms with van der Waals surface area (Å²) in [7, 11) is 5.70. The van der Waals surface area contributed by atoms with Crippen LogP contribution in [0.4, 0.5) is 15.3 Å². The summed E-state index contributed by atoms with van der Waals surface area (Å²) in [4.78, 5) is 71.4. The summed E-state index contributed by atoms with van der Waals surface area (Å²) in [5.74, 6) is 2.05. The summed E-state index contributed by atoms with van der Waals surface area (Å²) < 4.78 is 19.2. The van der Waals surface area contributed by atoms with Crippen LogP contribution in [0.1, 0.15) is 114 Å². The van der Waals surface area contributed by atoms with Gasteiger partial charge in [0.05, 0.1) is 50.4 Å². The van der Waals surface area contributed by atoms with Crippen molar-refractivity contribution in [1.29, 1.82) is 0 Å². The number of hydrogen-bond donors (Lipinski definition) is 4. The monoisotopic (exact) mass is 936 g/mol. The second-order valence-electron chi connectivity index (χ2n) is 19.3. The molecule has 7 atom stereocenters. The number of nitrogens with zero attached hydrogens (tertiary/aromatic N) is 3. The third-order valence-corrected chi connectivity index (χ3v) is 14.9. The zero-order chi connectivity index (χ0) is 48.7. The number of H-pyrrole nitrogens is 1. The Kier molecular flexibility index (Phi) is 16.1. The number of anilines is 1. The number of hydrogen-bond acceptors (Lipinski definition) is 10. The van der Waals surface area contributed by atoms with E-state index in [-0.39, 0.29) is 36.1 Å². The van der Waals surface area contributed by atoms with Crippen LogP contribution in [0.15, 0.2) is 54.6 Å². The Hall–Kier alpha value is -6.00. The van der Waals surface area contributed by atoms with Crippen LogP contribution < -0.4 is 16.4 Å². The Bertz CT molecular complexity index is 2450. The van der Waals surface area contributed by atoms with Crippen LogP contribution in [-0.2, 0) is 38.7 Å². The lowest BCUT2D eigenvalue weighted by Crippen LogP contribution is -2.53. The highest BCUT2D eigenvalue weighted by molar-refractivity contribution is 5.89. The van der Waals surface area contributed by atoms with Crippen molar-refractivity contribution < 1.29 is 42.9 Å². The highest BCUT2D eigenvalue weighted by Crippen LogP contribution is 2.51. The van der Waals surface area contributed by atoms with Crippen molar-refractivity contribution in [2.45, 2.75) is 127 Å². The molecular weight excluding hydrogens is 867 g/mol. The average molecular weight is 936 g/mol. The molecule has 16 heteroatoms. The topological polar surface area (TPSA) is 208 Å². The first-order valence-corrected chi connectivity index (χ1v) is 24.0. The van der Waals surface area contributed by atoms with Gasteiger partial charge in [-0.3, -0.25) is 14.4 Å². The van der Waals surface area contributed by atoms with Crippen LogP contribution >= 0.6 is 0 Å². The Labute approximate surface area is 399 Å². The maximum absolute atomic E-state index is 14.1. The first-order chi connectivity index (χ1) is 32.7. The molecule has 68 heavy (non-hydrogen) atoms. The van der Waals surface area contributed by atoms with Crippen LogP contribution in [0.5, 0.6) is 0 Å². The average Bonchev–Trinajstić information content (AvgIpc) is 4.13. The molecule has 366 valence electrons. The number of carbonyl (C=O) groups excluding carboxylic acids is 5. The number of aromatic amines is 1. The van der Waals surface area contributed by atoms with E-state index < -0.39 is 18.2 Å². The largest absolute Gasteiger partial charge is 0.453 e. The van der Waals surface area contributed by atoms with E-state index in [0.717, 1.165) is 78.2 Å². The molecule has 0 bridgehead atoms. The highest BCUT2D eigenvalue weighted by atomic mass is 16.5. The molecule has 9 rings (SSSR count). The van der Waals surface area contributed by atoms with E-state index in [9.17, 15) is 24.0 Å². The van der Waals surface area contributed by atoms with E-state index in [0.29, 0.717) is 30.7 Å². The van der Waals surface area contributed by atoms with E-state index in [4.69, 9.17) is 19.2 Å². The molecule has 1 aromatic heterocycles. The molecule has 3 aliphatic carbocycles. The minimum atomic E-state index is -0.852. The normalized spacial score (nSPS) is 22.7. The van der Waals surface area contributed by atoms with Crippen molar-refractivity contribution in [3.05, 3.63) is 71.5 Å². The Morgan fingerprint density at radius 1 is 0.853 bits per heavy atom. The summed E-state index contributed by atoms with van der Waals surface area (Å²) >= 11 is 0. The van der Waals surface area contributed by atoms with Gasteiger partial charge in [-0.25, -0.2) is 14.6 Å². The third-order valence-electron chi connectivity index (χ3n) is 14.9. The molecular formula is C52H69N7O9. The number of primary amides is 1. The van der Waals surface area contributed by atoms with Gasteiger partial charge in [0.25, 0.3) is 0 Å². The predicted octanol–water partition coefficient (Wildman–Crippen LogP) is 8.22. The summed E-state index contributed by atoms with van der Waals surface area (Å²) in [6.07, 6.45) is 11.4. The van der Waals surface area contributed by atoms with Gasteiger partial charge in [0.15, 0.2) is 0 Å². The number of nitrogens with two attached hydrogens (primary N) is 1. The lowest BCUT2D eigenvalue weighted by Gasteiger charge is -2.35. The number of aromatic nitrogens is 2. The number of alkyl carbamates (subject to hydrolysis) is 1. The van der Waals surface area contributed by atoms with Crippen LogP contribution in [0.25, 0.3) is 33.3 Å². The summed E-state index contributed by atoms with van der Waals surface area (Å²) in [5, 5.41) is 5.46. The molecule has 0 spiro atoms. The molecule has 5 N–H and O–H groups in total. The molecule has 3 heterocycles. The molecule has 5 aliphatic rings. The van der Waals surface area contributed by atoms with Crippen molar-refractivity contribution in [2.75, 3.05) is 46.9 Å². The van der Waals surface area contributed by atoms with Crippen molar-refractivity contribution in [1.82, 2.24) is 25.1 Å². The van der Waals surface area contributed by atoms with Crippen LogP contribution in [0, 0.1) is 11.8 Å². The molecule has 5 amide bonds. The van der Waals surface area contributed by atoms with Crippen LogP contribution in [-0.4, -0.2) is 116 Å². The van der Waals surface area contributed by atoms with Crippen molar-refractivity contribution in [3.63, 3.8) is 0 Å². The number of imidazole rings is 1. The fourth-order valence-corrected chi connectivity index (χ4v) is 11.3. The van der Waals surface area contributed by atoms with Gasteiger partial charge >= 0.3 is 12.2 Å². The van der Waals surface area contributed by atoms with Gasteiger partial charge in [-0.2, -0.15) is 0 Å². The number of fused-ring (bicyclic) bond motifs is 6. The number of rotatable bonds is 11. The van der Waals surface area contributed by atoms with Gasteiger partial charge in [0.1, 0.15) is 11.9 Å². The molecule has 2 aliphatic heterocycles. The van der Waals surface area contributed by atoms with Crippen LogP contribution in [0.2, 0.25) is 0 Å². The smallest absolute Gasteiger partial charge is 0.407 e. The van der Waals surface area contributed by atoms with Crippen molar-refractivity contribution in [2.24, 2.45) is 17.6 Å². The lowest BCUT2D eigenvalue weighted by molar-refractivity contribution is -0.138. The van der Waals surface area contributed by atoms with Crippen molar-refractivity contribution >= 4 is 47.1 Å². The van der Waals surface area contributed by atoms with Gasteiger partial charge in [0, 0.05) is 44.0 Å². The number of benzene rings is 3. The zero-order valence-electron chi connectivity index (χ0n) is 40.6. The van der Waals surface area contributed by atoms with Gasteiger partial charge in [0.2, 0.25) is 18.2 Å². The maximum atomic E-state index is 14.1. The molecule has 5 unspecified atom stereocenters. The molecule has 2 saturated heterocycles. The highest BCUT2D eigenvalue weighted by Gasteiger charge is 2.48. The van der Waals surface area contributed by atoms with Gasteiger partial charge in [-0.15, -0.1) is 0 Å². The minimum Gasteiger partial charge on any atom is -0.453 e. The predicted molar refractivity (Wildman–Crippen MR) is 260 cm³/mol. The number of ether oxygens (including phenoxy) is 4. The minimum absolute atomic E-state index is 0.0511. The second-order valence-corrected chi connectivity index (χ2v) is 19.3. The Morgan fingerprint density at radius 3 is 2.18 bits per heavy atom. The number of nitrogens with one attached hydrogen (secondary N) is 3. The summed E-state index contributed by atoms with van der Waals surface area (Å²) in [6, 6.07) is 18.5. The van der Waals surface area contributed by atoms with Gasteiger partial charge in [-0.1, -0.05) is 63.8 Å². The molecule has 16 nitrogen and oxygen atoms in total. The first-order valence-electron chi connectivity index (χ1n) is 24.0. The van der Waals surface area contributed by atoms with Crippen LogP contribution in [0.3, 0.4) is 0 Å². The molecule has 0 radical (unpaired) electrons. The van der Waals surface area contributed by atoms with Gasteiger partial charge < -0.3 is 50.1 Å². The number of methoxy groups -OCH3 is 4. The summed E-state index contributed by atoms with van der Waals surface area (Å²) in [6.45, 7) is 7.44. The van der Waals surface area contributed by atoms with E-state index in [1.165, 1.54) is 75.7 Å². The van der Waals surface area contributed by atoms with E-state index in [1.807, 2.05) is 24.0 Å². The standard InChI is InChI=1S/C37H41N5O5.C13H23NO2.C2H5NO2/c1-37(2)27-15-21(9-12-25(27)26-13-11-24(38-20-43)18-28(26)37)22-10-14-29-30(16-22)40-34(39-29)33-17-23-7-5-6-8-32(23)42(33)35(44)31(19-46-3)41-36(45)47-4;1-10(16-2)9-13(15)14-8-7-11-5-3-4-6-12(11)14;1-5-2(3)4/h9-16,18,20,23,31-33H,5-8,17,19H2,1-4H3,(H,38,43)(H,39,40)(H,41,45);10-12H,3-9H2,1-2H3;1H3,(H2,3,4)/t23-,31?,32-,33?;;/m0../s1. The van der Waals surface area contributed by atoms with Crippen molar-refractivity contribution in [3.8, 4) is 22.3 Å². The second kappa shape index (κ2) is 22.0. The quantitative estimate of drug-likeness (QED) is 0.106. The Morgan fingerprint density at radius 2 is 1.50 bits per heavy atom. The fourth-order valence-electron chi connectivity index (χ4n) is 11.3. The third kappa shape index (κ3) is 10.7. The summed E-state index contributed by atoms with van der Waals surface area (Å²) in [5.41, 5.74) is 13.7. The van der Waals surface area contributed by atoms with E-state index in [1.54, 1.807) is 7.11 Å². The Balaban J connectivity index is 0.000000270. The SMILES string of the molecule is COC(C)CC(=O)N1CCC2CCCCC21.COC(N)=O.COCC(NC(=O)OC)C(=O)N1C(c2nc3ccc(-c4ccc5c(c4)C(C)(C)c4cc(NC=O)ccc4-5)cc3[nH]2)C[C@@H]2CCCC[C@@H]21. The van der Waals surface area contributed by atoms with Gasteiger partial charge in [-0.05, 0) is 121 Å². The molecule has 4 aromatic rings. The maximum Gasteiger partial charge on any atom is 0.407 e. The molecule has 4 fully saturated rings. The number of amides is 5. The zero-order valence-corrected chi connectivity index (χ0v) is 40.6. The van der Waals surface area contributed by atoms with E-state index >= 15 is 0 Å². The fraction of sp³-hybridized carbons (Fsp3) is 0.538. The molecule has 2 saturated carbocycles. The number of carbonyl (C=O) groups is 5.